The summed E-state index contributed by atoms with van der Waals surface area (Å²) in [6.07, 6.45) is 0. The lowest BCUT2D eigenvalue weighted by Gasteiger charge is -2.28. The molecule has 0 unspecified atom stereocenters. The molecule has 6 heteroatoms. The predicted octanol–water partition coefficient (Wildman–Crippen LogP) is 5.16. The molecule has 0 aliphatic heterocycles. The van der Waals surface area contributed by atoms with Crippen LogP contribution < -0.4 is 0 Å². The second-order valence-corrected chi connectivity index (χ2v) is 8.56. The summed E-state index contributed by atoms with van der Waals surface area (Å²) >= 11 is 10.3. The summed E-state index contributed by atoms with van der Waals surface area (Å²) in [6, 6.07) is 3.90. The van der Waals surface area contributed by atoms with Crippen LogP contribution in [0.5, 0.6) is 5.75 Å². The Hall–Kier alpha value is -1.53. The zero-order valence-corrected chi connectivity index (χ0v) is 16.0. The van der Waals surface area contributed by atoms with Gasteiger partial charge < -0.3 is 15.1 Å². The van der Waals surface area contributed by atoms with E-state index in [1.165, 1.54) is 0 Å². The van der Waals surface area contributed by atoms with E-state index in [2.05, 4.69) is 56.5 Å². The molecule has 23 heavy (non-hydrogen) atoms. The Morgan fingerprint density at radius 2 is 1.39 bits per heavy atom. The molecule has 2 aromatic rings. The van der Waals surface area contributed by atoms with Crippen LogP contribution in [0.3, 0.4) is 0 Å². The number of benzene rings is 1. The minimum Gasteiger partial charge on any atom is -0.507 e. The van der Waals surface area contributed by atoms with Crippen LogP contribution >= 0.6 is 24.4 Å². The monoisotopic (exact) mass is 349 g/mol. The van der Waals surface area contributed by atoms with Gasteiger partial charge in [-0.3, -0.25) is 0 Å². The lowest BCUT2D eigenvalue weighted by molar-refractivity contribution is 0.423. The Bertz CT molecular complexity index is 788. The van der Waals surface area contributed by atoms with Crippen LogP contribution in [0.15, 0.2) is 12.1 Å². The summed E-state index contributed by atoms with van der Waals surface area (Å²) in [5.74, 6) is 0.947. The number of H-pyrrole nitrogens is 2. The van der Waals surface area contributed by atoms with Gasteiger partial charge in [0.15, 0.2) is 4.77 Å². The van der Waals surface area contributed by atoms with Gasteiger partial charge in [0.1, 0.15) is 11.6 Å². The van der Waals surface area contributed by atoms with Crippen molar-refractivity contribution in [1.29, 1.82) is 0 Å². The average molecular weight is 350 g/mol. The van der Waals surface area contributed by atoms with Crippen LogP contribution in [-0.2, 0) is 10.8 Å². The molecule has 0 aliphatic carbocycles. The van der Waals surface area contributed by atoms with E-state index in [0.717, 1.165) is 16.7 Å². The first-order valence-corrected chi connectivity index (χ1v) is 8.30. The molecule has 0 aliphatic rings. The van der Waals surface area contributed by atoms with Crippen LogP contribution in [-0.4, -0.2) is 20.1 Å². The van der Waals surface area contributed by atoms with Gasteiger partial charge in [0.2, 0.25) is 4.77 Å². The van der Waals surface area contributed by atoms with E-state index in [4.69, 9.17) is 24.4 Å². The molecule has 0 spiro atoms. The number of aromatic amines is 2. The lowest BCUT2D eigenvalue weighted by atomic mass is 9.78. The summed E-state index contributed by atoms with van der Waals surface area (Å²) < 4.78 is 0.772. The number of rotatable bonds is 1. The smallest absolute Gasteiger partial charge is 0.200 e. The van der Waals surface area contributed by atoms with E-state index in [9.17, 15) is 5.11 Å². The second-order valence-electron chi connectivity index (χ2n) is 7.76. The number of nitrogens with one attached hydrogen (secondary N) is 2. The molecule has 0 bridgehead atoms. The van der Waals surface area contributed by atoms with Crippen molar-refractivity contribution in [2.45, 2.75) is 52.4 Å². The summed E-state index contributed by atoms with van der Waals surface area (Å²) in [7, 11) is 0. The zero-order chi connectivity index (χ0) is 17.6. The largest absolute Gasteiger partial charge is 0.507 e. The van der Waals surface area contributed by atoms with E-state index in [1.807, 2.05) is 12.1 Å². The molecule has 1 heterocycles. The molecule has 1 aromatic heterocycles. The van der Waals surface area contributed by atoms with Crippen molar-refractivity contribution in [3.05, 3.63) is 32.8 Å². The van der Waals surface area contributed by atoms with Gasteiger partial charge in [0.05, 0.1) is 0 Å². The van der Waals surface area contributed by atoms with Gasteiger partial charge in [-0.1, -0.05) is 41.5 Å². The van der Waals surface area contributed by atoms with Crippen LogP contribution in [0.2, 0.25) is 0 Å². The van der Waals surface area contributed by atoms with Crippen LogP contribution in [0.25, 0.3) is 11.4 Å². The van der Waals surface area contributed by atoms with Crippen molar-refractivity contribution in [3.63, 3.8) is 0 Å². The van der Waals surface area contributed by atoms with Crippen LogP contribution in [0, 0.1) is 9.54 Å². The lowest BCUT2D eigenvalue weighted by Crippen LogP contribution is -2.17. The standard InChI is InChI=1S/C17H23N3OS2/c1-16(2,3)10-7-9(8-11(12(10)21)17(4,5)6)13-18-14(22)20-15(23)19-13/h7-8,21H,1-6H3,(H2,18,19,20,22,23). The highest BCUT2D eigenvalue weighted by atomic mass is 32.1. The zero-order valence-electron chi connectivity index (χ0n) is 14.4. The van der Waals surface area contributed by atoms with E-state index >= 15 is 0 Å². The quantitative estimate of drug-likeness (QED) is 0.622. The Morgan fingerprint density at radius 1 is 0.913 bits per heavy atom. The first-order valence-electron chi connectivity index (χ1n) is 7.48. The topological polar surface area (TPSA) is 64.7 Å². The molecule has 0 fully saturated rings. The first-order chi connectivity index (χ1) is 10.4. The van der Waals surface area contributed by atoms with E-state index in [0.29, 0.717) is 21.1 Å². The molecule has 124 valence electrons. The third-order valence-corrected chi connectivity index (χ3v) is 4.06. The highest BCUT2D eigenvalue weighted by molar-refractivity contribution is 7.71. The minimum atomic E-state index is -0.200. The summed E-state index contributed by atoms with van der Waals surface area (Å²) in [4.78, 5) is 10.2. The maximum Gasteiger partial charge on any atom is 0.200 e. The SMILES string of the molecule is CC(C)(C)c1cc(-c2nc(=S)[nH]c(=S)[nH]2)cc(C(C)(C)C)c1O. The third kappa shape index (κ3) is 3.87. The molecule has 1 aromatic carbocycles. The Labute approximate surface area is 147 Å². The molecule has 3 N–H and O–H groups in total. The van der Waals surface area contributed by atoms with Crippen molar-refractivity contribution >= 4 is 24.4 Å². The van der Waals surface area contributed by atoms with Gasteiger partial charge >= 0.3 is 0 Å². The average Bonchev–Trinajstić information content (AvgIpc) is 2.34. The number of phenols is 1. The maximum absolute atomic E-state index is 10.8. The number of hydrogen-bond acceptors (Lipinski definition) is 4. The van der Waals surface area contributed by atoms with Gasteiger partial charge in [-0.15, -0.1) is 0 Å². The van der Waals surface area contributed by atoms with Crippen LogP contribution in [0.4, 0.5) is 0 Å². The molecule has 0 radical (unpaired) electrons. The molecular weight excluding hydrogens is 326 g/mol. The number of aromatic nitrogens is 3. The minimum absolute atomic E-state index is 0.200. The highest BCUT2D eigenvalue weighted by Crippen LogP contribution is 2.41. The van der Waals surface area contributed by atoms with Crippen LogP contribution in [0.1, 0.15) is 52.7 Å². The highest BCUT2D eigenvalue weighted by Gasteiger charge is 2.27. The summed E-state index contributed by atoms with van der Waals surface area (Å²) in [5, 5.41) is 10.8. The molecule has 0 amide bonds. The first kappa shape index (κ1) is 17.8. The number of phenolic OH excluding ortho intramolecular Hbond substituents is 1. The summed E-state index contributed by atoms with van der Waals surface area (Å²) in [5.41, 5.74) is 2.21. The predicted molar refractivity (Wildman–Crippen MR) is 99.1 cm³/mol. The van der Waals surface area contributed by atoms with E-state index in [1.54, 1.807) is 0 Å². The third-order valence-electron chi connectivity index (χ3n) is 3.67. The number of nitrogens with zero attached hydrogens (tertiary/aromatic N) is 1. The molecular formula is C17H23N3OS2. The number of aromatic hydroxyl groups is 1. The van der Waals surface area contributed by atoms with E-state index in [-0.39, 0.29) is 10.8 Å². The fourth-order valence-electron chi connectivity index (χ4n) is 2.44. The van der Waals surface area contributed by atoms with Gasteiger partial charge in [0, 0.05) is 16.7 Å². The fourth-order valence-corrected chi connectivity index (χ4v) is 2.90. The van der Waals surface area contributed by atoms with Crippen molar-refractivity contribution in [2.24, 2.45) is 0 Å². The Morgan fingerprint density at radius 3 is 1.78 bits per heavy atom. The van der Waals surface area contributed by atoms with Crippen molar-refractivity contribution in [1.82, 2.24) is 15.0 Å². The van der Waals surface area contributed by atoms with Gasteiger partial charge in [-0.05, 0) is 47.4 Å². The van der Waals surface area contributed by atoms with Crippen molar-refractivity contribution in [2.75, 3.05) is 0 Å². The maximum atomic E-state index is 10.8. The molecule has 0 saturated carbocycles. The summed E-state index contributed by atoms with van der Waals surface area (Å²) in [6.45, 7) is 12.4. The fraction of sp³-hybridized carbons (Fsp3) is 0.471. The van der Waals surface area contributed by atoms with Gasteiger partial charge in [-0.25, -0.2) is 4.98 Å². The second kappa shape index (κ2) is 5.83. The Kier molecular flexibility index (Phi) is 4.52. The molecule has 2 rings (SSSR count). The van der Waals surface area contributed by atoms with Gasteiger partial charge in [0.25, 0.3) is 0 Å². The molecule has 0 saturated heterocycles. The Balaban J connectivity index is 2.84. The van der Waals surface area contributed by atoms with Gasteiger partial charge in [-0.2, -0.15) is 0 Å². The van der Waals surface area contributed by atoms with Crippen molar-refractivity contribution < 1.29 is 5.11 Å². The number of hydrogen-bond donors (Lipinski definition) is 3. The molecule has 4 nitrogen and oxygen atoms in total. The molecule has 0 atom stereocenters. The normalized spacial score (nSPS) is 12.4. The van der Waals surface area contributed by atoms with Crippen molar-refractivity contribution in [3.8, 4) is 17.1 Å². The van der Waals surface area contributed by atoms with E-state index < -0.39 is 0 Å².